The average molecular weight is 422 g/mol. The SMILES string of the molecule is O=C(O)CCCCCCCCCCN1C(=O)/C(=C\C=C\c2ccco2)SC1=S. The summed E-state index contributed by atoms with van der Waals surface area (Å²) >= 11 is 6.69. The molecule has 0 atom stereocenters. The lowest BCUT2D eigenvalue weighted by Crippen LogP contribution is -2.29. The van der Waals surface area contributed by atoms with E-state index in [2.05, 4.69) is 0 Å². The van der Waals surface area contributed by atoms with Crippen LogP contribution < -0.4 is 0 Å². The molecular weight excluding hydrogens is 394 g/mol. The molecule has 0 spiro atoms. The number of nitrogens with zero attached hydrogens (tertiary/aromatic N) is 1. The van der Waals surface area contributed by atoms with E-state index in [9.17, 15) is 9.59 Å². The van der Waals surface area contributed by atoms with Gasteiger partial charge in [-0.1, -0.05) is 68.6 Å². The Balaban J connectivity index is 1.59. The van der Waals surface area contributed by atoms with Crippen LogP contribution in [0.1, 0.15) is 63.5 Å². The Bertz CT molecular complexity index is 710. The van der Waals surface area contributed by atoms with E-state index in [0.717, 1.165) is 57.1 Å². The van der Waals surface area contributed by atoms with Crippen molar-refractivity contribution in [3.8, 4) is 0 Å². The second-order valence-electron chi connectivity index (χ2n) is 6.70. The van der Waals surface area contributed by atoms with Crippen LogP contribution in [0.3, 0.4) is 0 Å². The fourth-order valence-electron chi connectivity index (χ4n) is 2.93. The number of carboxylic acids is 1. The van der Waals surface area contributed by atoms with Gasteiger partial charge in [0.05, 0.1) is 11.2 Å². The van der Waals surface area contributed by atoms with E-state index in [1.807, 2.05) is 24.3 Å². The molecule has 2 rings (SSSR count). The molecule has 1 aromatic rings. The summed E-state index contributed by atoms with van der Waals surface area (Å²) in [5.74, 6) is 0.0187. The summed E-state index contributed by atoms with van der Waals surface area (Å²) in [4.78, 5) is 25.2. The number of aliphatic carboxylic acids is 1. The molecule has 1 aliphatic heterocycles. The van der Waals surface area contributed by atoms with E-state index in [1.165, 1.54) is 11.8 Å². The minimum absolute atomic E-state index is 0.0162. The topological polar surface area (TPSA) is 70.8 Å². The monoisotopic (exact) mass is 421 g/mol. The lowest BCUT2D eigenvalue weighted by molar-refractivity contribution is -0.137. The van der Waals surface area contributed by atoms with Gasteiger partial charge in [-0.25, -0.2) is 0 Å². The summed E-state index contributed by atoms with van der Waals surface area (Å²) < 4.78 is 5.85. The highest BCUT2D eigenvalue weighted by molar-refractivity contribution is 8.26. The van der Waals surface area contributed by atoms with Crippen molar-refractivity contribution in [3.05, 3.63) is 41.2 Å². The van der Waals surface area contributed by atoms with Crippen LogP contribution in [0.5, 0.6) is 0 Å². The average Bonchev–Trinajstić information content (AvgIpc) is 3.26. The number of allylic oxidation sites excluding steroid dienone is 2. The van der Waals surface area contributed by atoms with Crippen molar-refractivity contribution in [1.29, 1.82) is 0 Å². The van der Waals surface area contributed by atoms with Crippen LogP contribution in [0.25, 0.3) is 6.08 Å². The summed E-state index contributed by atoms with van der Waals surface area (Å²) in [6.45, 7) is 0.669. The number of rotatable bonds is 13. The van der Waals surface area contributed by atoms with Gasteiger partial charge in [0.1, 0.15) is 10.1 Å². The van der Waals surface area contributed by atoms with Gasteiger partial charge in [0, 0.05) is 13.0 Å². The molecule has 0 unspecified atom stereocenters. The molecule has 5 nitrogen and oxygen atoms in total. The van der Waals surface area contributed by atoms with Crippen molar-refractivity contribution in [2.24, 2.45) is 0 Å². The number of hydrogen-bond acceptors (Lipinski definition) is 5. The highest BCUT2D eigenvalue weighted by Gasteiger charge is 2.30. The molecule has 7 heteroatoms. The maximum Gasteiger partial charge on any atom is 0.303 e. The molecule has 152 valence electrons. The Morgan fingerprint density at radius 3 is 2.46 bits per heavy atom. The highest BCUT2D eigenvalue weighted by atomic mass is 32.2. The van der Waals surface area contributed by atoms with Gasteiger partial charge in [0.25, 0.3) is 5.91 Å². The third-order valence-corrected chi connectivity index (χ3v) is 5.84. The second kappa shape index (κ2) is 12.6. The second-order valence-corrected chi connectivity index (χ2v) is 8.38. The summed E-state index contributed by atoms with van der Waals surface area (Å²) in [5.41, 5.74) is 0. The van der Waals surface area contributed by atoms with Crippen molar-refractivity contribution in [1.82, 2.24) is 4.90 Å². The Labute approximate surface area is 175 Å². The van der Waals surface area contributed by atoms with E-state index >= 15 is 0 Å². The minimum atomic E-state index is -0.709. The number of amides is 1. The number of unbranched alkanes of at least 4 members (excludes halogenated alkanes) is 7. The molecule has 1 saturated heterocycles. The first-order chi connectivity index (χ1) is 13.6. The van der Waals surface area contributed by atoms with Crippen molar-refractivity contribution in [2.45, 2.75) is 57.8 Å². The van der Waals surface area contributed by atoms with E-state index < -0.39 is 5.97 Å². The fourth-order valence-corrected chi connectivity index (χ4v) is 4.19. The highest BCUT2D eigenvalue weighted by Crippen LogP contribution is 2.31. The maximum absolute atomic E-state index is 12.5. The Morgan fingerprint density at radius 1 is 1.14 bits per heavy atom. The van der Waals surface area contributed by atoms with Crippen LogP contribution in [0.15, 0.2) is 39.9 Å². The number of thioether (sulfide) groups is 1. The van der Waals surface area contributed by atoms with Crippen LogP contribution in [0.4, 0.5) is 0 Å². The zero-order valence-corrected chi connectivity index (χ0v) is 17.6. The van der Waals surface area contributed by atoms with Gasteiger partial charge in [0.2, 0.25) is 0 Å². The molecule has 2 heterocycles. The van der Waals surface area contributed by atoms with E-state index in [1.54, 1.807) is 17.2 Å². The van der Waals surface area contributed by atoms with Crippen LogP contribution in [0.2, 0.25) is 0 Å². The van der Waals surface area contributed by atoms with Crippen molar-refractivity contribution < 1.29 is 19.1 Å². The number of thiocarbonyl (C=S) groups is 1. The van der Waals surface area contributed by atoms with Gasteiger partial charge < -0.3 is 9.52 Å². The van der Waals surface area contributed by atoms with Gasteiger partial charge in [-0.2, -0.15) is 0 Å². The summed E-state index contributed by atoms with van der Waals surface area (Å²) in [5, 5.41) is 8.59. The zero-order chi connectivity index (χ0) is 20.2. The molecular formula is C21H27NO4S2. The van der Waals surface area contributed by atoms with Crippen LogP contribution in [0, 0.1) is 0 Å². The Morgan fingerprint density at radius 2 is 1.82 bits per heavy atom. The van der Waals surface area contributed by atoms with Gasteiger partial charge in [-0.3, -0.25) is 14.5 Å². The van der Waals surface area contributed by atoms with Gasteiger partial charge >= 0.3 is 5.97 Å². The molecule has 0 aromatic carbocycles. The lowest BCUT2D eigenvalue weighted by Gasteiger charge is -2.13. The molecule has 1 N–H and O–H groups in total. The van der Waals surface area contributed by atoms with Crippen LogP contribution in [-0.2, 0) is 9.59 Å². The zero-order valence-electron chi connectivity index (χ0n) is 16.0. The van der Waals surface area contributed by atoms with Gasteiger partial charge in [-0.15, -0.1) is 0 Å². The van der Waals surface area contributed by atoms with Gasteiger partial charge in [-0.05, 0) is 37.1 Å². The molecule has 1 fully saturated rings. The first kappa shape index (κ1) is 22.4. The molecule has 1 amide bonds. The lowest BCUT2D eigenvalue weighted by atomic mass is 10.1. The van der Waals surface area contributed by atoms with Crippen LogP contribution in [-0.4, -0.2) is 32.7 Å². The molecule has 0 aliphatic carbocycles. The van der Waals surface area contributed by atoms with Crippen molar-refractivity contribution in [3.63, 3.8) is 0 Å². The van der Waals surface area contributed by atoms with Crippen LogP contribution >= 0.6 is 24.0 Å². The summed E-state index contributed by atoms with van der Waals surface area (Å²) in [6, 6.07) is 3.67. The molecule has 28 heavy (non-hydrogen) atoms. The number of hydrogen-bond donors (Lipinski definition) is 1. The molecule has 0 radical (unpaired) electrons. The molecule has 0 bridgehead atoms. The first-order valence-corrected chi connectivity index (χ1v) is 11.0. The molecule has 1 aromatic heterocycles. The van der Waals surface area contributed by atoms with Crippen molar-refractivity contribution >= 4 is 46.3 Å². The molecule has 0 saturated carbocycles. The number of carboxylic acid groups (broad SMARTS) is 1. The first-order valence-electron chi connectivity index (χ1n) is 9.75. The standard InChI is InChI=1S/C21H27NO4S2/c23-19(24)14-7-5-3-1-2-4-6-8-15-22-20(25)18(28-21(22)27)13-9-11-17-12-10-16-26-17/h9-13,16H,1-8,14-15H2,(H,23,24)/b11-9+,18-13+. The third kappa shape index (κ3) is 8.02. The minimum Gasteiger partial charge on any atom is -0.481 e. The number of carbonyl (C=O) groups excluding carboxylic acids is 1. The summed E-state index contributed by atoms with van der Waals surface area (Å²) in [7, 11) is 0. The Kier molecular flexibility index (Phi) is 10.1. The fraction of sp³-hybridized carbons (Fsp3) is 0.476. The quantitative estimate of drug-likeness (QED) is 0.253. The summed E-state index contributed by atoms with van der Waals surface area (Å²) in [6.07, 6.45) is 15.6. The third-order valence-electron chi connectivity index (χ3n) is 4.45. The van der Waals surface area contributed by atoms with E-state index in [0.29, 0.717) is 15.8 Å². The van der Waals surface area contributed by atoms with E-state index in [4.69, 9.17) is 21.7 Å². The van der Waals surface area contributed by atoms with Gasteiger partial charge in [0.15, 0.2) is 0 Å². The normalized spacial score (nSPS) is 16.0. The number of carbonyl (C=O) groups is 2. The maximum atomic E-state index is 12.5. The smallest absolute Gasteiger partial charge is 0.303 e. The van der Waals surface area contributed by atoms with Crippen molar-refractivity contribution in [2.75, 3.05) is 6.54 Å². The predicted octanol–water partition coefficient (Wildman–Crippen LogP) is 5.63. The molecule has 1 aliphatic rings. The largest absolute Gasteiger partial charge is 0.481 e. The number of furan rings is 1. The predicted molar refractivity (Wildman–Crippen MR) is 117 cm³/mol. The van der Waals surface area contributed by atoms with E-state index in [-0.39, 0.29) is 12.3 Å². The Hall–Kier alpha value is -1.86.